The summed E-state index contributed by atoms with van der Waals surface area (Å²) in [7, 11) is 0. The molecule has 2 aromatic carbocycles. The predicted octanol–water partition coefficient (Wildman–Crippen LogP) is 4.72. The van der Waals surface area contributed by atoms with E-state index in [4.69, 9.17) is 4.42 Å². The Morgan fingerprint density at radius 2 is 1.54 bits per heavy atom. The Bertz CT molecular complexity index is 839. The number of thioether (sulfide) groups is 1. The summed E-state index contributed by atoms with van der Waals surface area (Å²) >= 11 is 1.28. The lowest BCUT2D eigenvalue weighted by atomic mass is 10.1. The number of hydrogen-bond acceptors (Lipinski definition) is 5. The maximum Gasteiger partial charge on any atom is 0.277 e. The number of aryl methyl sites for hydroxylation is 2. The summed E-state index contributed by atoms with van der Waals surface area (Å²) in [6, 6.07) is 15.4. The number of ketones is 1. The van der Waals surface area contributed by atoms with E-state index >= 15 is 0 Å². The molecule has 1 atom stereocenters. The molecule has 0 amide bonds. The zero-order valence-electron chi connectivity index (χ0n) is 13.8. The van der Waals surface area contributed by atoms with Crippen molar-refractivity contribution >= 4 is 17.5 Å². The Labute approximate surface area is 145 Å². The van der Waals surface area contributed by atoms with Crippen LogP contribution in [0.15, 0.2) is 58.2 Å². The highest BCUT2D eigenvalue weighted by Gasteiger charge is 2.20. The third-order valence-electron chi connectivity index (χ3n) is 3.69. The van der Waals surface area contributed by atoms with Crippen molar-refractivity contribution in [1.82, 2.24) is 10.2 Å². The molecule has 0 radical (unpaired) electrons. The number of aromatic nitrogens is 2. The minimum atomic E-state index is -0.293. The number of carbonyl (C=O) groups is 1. The van der Waals surface area contributed by atoms with Crippen LogP contribution in [-0.2, 0) is 0 Å². The molecule has 3 aromatic rings. The van der Waals surface area contributed by atoms with E-state index in [1.807, 2.05) is 69.3 Å². The van der Waals surface area contributed by atoms with Crippen LogP contribution in [0, 0.1) is 13.8 Å². The number of nitrogens with zero attached hydrogens (tertiary/aromatic N) is 2. The lowest BCUT2D eigenvalue weighted by Crippen LogP contribution is -2.13. The Hall–Kier alpha value is -2.40. The third kappa shape index (κ3) is 3.74. The second-order valence-electron chi connectivity index (χ2n) is 5.73. The maximum absolute atomic E-state index is 12.5. The van der Waals surface area contributed by atoms with Gasteiger partial charge in [-0.3, -0.25) is 4.79 Å². The van der Waals surface area contributed by atoms with Crippen LogP contribution in [0.3, 0.4) is 0 Å². The Morgan fingerprint density at radius 1 is 0.958 bits per heavy atom. The van der Waals surface area contributed by atoms with Crippen LogP contribution >= 0.6 is 11.8 Å². The molecule has 122 valence electrons. The summed E-state index contributed by atoms with van der Waals surface area (Å²) in [5.74, 6) is 0.516. The average Bonchev–Trinajstić information content (AvgIpc) is 3.04. The van der Waals surface area contributed by atoms with E-state index in [0.717, 1.165) is 11.1 Å². The molecule has 0 unspecified atom stereocenters. The molecule has 1 aromatic heterocycles. The minimum absolute atomic E-state index is 0.0510. The summed E-state index contributed by atoms with van der Waals surface area (Å²) in [4.78, 5) is 12.5. The van der Waals surface area contributed by atoms with Crippen molar-refractivity contribution in [2.45, 2.75) is 31.2 Å². The quantitative estimate of drug-likeness (QED) is 0.498. The van der Waals surface area contributed by atoms with E-state index in [2.05, 4.69) is 10.2 Å². The fourth-order valence-electron chi connectivity index (χ4n) is 2.23. The van der Waals surface area contributed by atoms with Gasteiger partial charge in [-0.1, -0.05) is 59.3 Å². The minimum Gasteiger partial charge on any atom is -0.411 e. The fraction of sp³-hybridized carbons (Fsp3) is 0.211. The van der Waals surface area contributed by atoms with E-state index in [9.17, 15) is 4.79 Å². The first-order valence-corrected chi connectivity index (χ1v) is 8.59. The van der Waals surface area contributed by atoms with Gasteiger partial charge in [-0.15, -0.1) is 10.2 Å². The first-order valence-electron chi connectivity index (χ1n) is 7.71. The van der Waals surface area contributed by atoms with Gasteiger partial charge in [0.25, 0.3) is 5.22 Å². The molecule has 4 nitrogen and oxygen atoms in total. The molecular formula is C19H18N2O2S. The first kappa shape index (κ1) is 16.5. The Balaban J connectivity index is 1.70. The van der Waals surface area contributed by atoms with E-state index in [0.29, 0.717) is 16.7 Å². The lowest BCUT2D eigenvalue weighted by molar-refractivity contribution is 0.0993. The summed E-state index contributed by atoms with van der Waals surface area (Å²) in [6.07, 6.45) is 0. The first-order chi connectivity index (χ1) is 11.5. The molecule has 0 aliphatic carbocycles. The molecule has 0 aliphatic rings. The largest absolute Gasteiger partial charge is 0.411 e. The van der Waals surface area contributed by atoms with Crippen LogP contribution in [0.25, 0.3) is 11.5 Å². The number of rotatable bonds is 5. The summed E-state index contributed by atoms with van der Waals surface area (Å²) in [5.41, 5.74) is 3.87. The van der Waals surface area contributed by atoms with Crippen molar-refractivity contribution in [1.29, 1.82) is 0 Å². The molecule has 3 rings (SSSR count). The normalized spacial score (nSPS) is 12.1. The fourth-order valence-corrected chi connectivity index (χ4v) is 2.99. The highest BCUT2D eigenvalue weighted by atomic mass is 32.2. The Morgan fingerprint density at radius 3 is 2.17 bits per heavy atom. The molecule has 0 saturated heterocycles. The molecule has 0 aliphatic heterocycles. The van der Waals surface area contributed by atoms with Crippen molar-refractivity contribution in [2.24, 2.45) is 0 Å². The van der Waals surface area contributed by atoms with Crippen molar-refractivity contribution in [3.63, 3.8) is 0 Å². The zero-order chi connectivity index (χ0) is 17.1. The van der Waals surface area contributed by atoms with Gasteiger partial charge in [0.1, 0.15) is 0 Å². The number of carbonyl (C=O) groups excluding carboxylic acids is 1. The van der Waals surface area contributed by atoms with Gasteiger partial charge in [0.15, 0.2) is 5.78 Å². The van der Waals surface area contributed by atoms with Crippen LogP contribution in [0.1, 0.15) is 28.4 Å². The molecule has 0 N–H and O–H groups in total. The van der Waals surface area contributed by atoms with Crippen molar-refractivity contribution in [3.05, 3.63) is 65.2 Å². The molecule has 1 heterocycles. The zero-order valence-corrected chi connectivity index (χ0v) is 14.6. The third-order valence-corrected chi connectivity index (χ3v) is 4.62. The van der Waals surface area contributed by atoms with Gasteiger partial charge in [0.05, 0.1) is 5.25 Å². The SMILES string of the molecule is Cc1ccc(C(=O)[C@H](C)Sc2nnc(-c3ccc(C)cc3)o2)cc1. The second kappa shape index (κ2) is 7.01. The van der Waals surface area contributed by atoms with Crippen LogP contribution in [0.4, 0.5) is 0 Å². The monoisotopic (exact) mass is 338 g/mol. The Kier molecular flexibility index (Phi) is 4.81. The van der Waals surface area contributed by atoms with Crippen LogP contribution in [-0.4, -0.2) is 21.2 Å². The summed E-state index contributed by atoms with van der Waals surface area (Å²) in [6.45, 7) is 5.87. The van der Waals surface area contributed by atoms with Gasteiger partial charge in [-0.2, -0.15) is 0 Å². The van der Waals surface area contributed by atoms with Crippen LogP contribution < -0.4 is 0 Å². The van der Waals surface area contributed by atoms with Gasteiger partial charge in [0, 0.05) is 11.1 Å². The van der Waals surface area contributed by atoms with Gasteiger partial charge in [-0.05, 0) is 32.9 Å². The average molecular weight is 338 g/mol. The predicted molar refractivity (Wildman–Crippen MR) is 95.3 cm³/mol. The highest BCUT2D eigenvalue weighted by molar-refractivity contribution is 8.00. The molecule has 5 heteroatoms. The highest BCUT2D eigenvalue weighted by Crippen LogP contribution is 2.27. The number of benzene rings is 2. The standard InChI is InChI=1S/C19H18N2O2S/c1-12-4-8-15(9-5-12)17(22)14(3)24-19-21-20-18(23-19)16-10-6-13(2)7-11-16/h4-11,14H,1-3H3/t14-/m0/s1. The summed E-state index contributed by atoms with van der Waals surface area (Å²) < 4.78 is 5.67. The summed E-state index contributed by atoms with van der Waals surface area (Å²) in [5, 5.41) is 8.21. The molecule has 0 bridgehead atoms. The van der Waals surface area contributed by atoms with E-state index in [1.54, 1.807) is 0 Å². The van der Waals surface area contributed by atoms with Crippen molar-refractivity contribution in [3.8, 4) is 11.5 Å². The lowest BCUT2D eigenvalue weighted by Gasteiger charge is -2.07. The number of Topliss-reactive ketones (excluding diaryl/α,β-unsaturated/α-hetero) is 1. The van der Waals surface area contributed by atoms with E-state index in [-0.39, 0.29) is 11.0 Å². The van der Waals surface area contributed by atoms with E-state index < -0.39 is 0 Å². The second-order valence-corrected chi connectivity index (χ2v) is 7.02. The van der Waals surface area contributed by atoms with Gasteiger partial charge >= 0.3 is 0 Å². The molecule has 0 fully saturated rings. The maximum atomic E-state index is 12.5. The molecule has 24 heavy (non-hydrogen) atoms. The van der Waals surface area contributed by atoms with Crippen LogP contribution in [0.2, 0.25) is 0 Å². The van der Waals surface area contributed by atoms with Crippen LogP contribution in [0.5, 0.6) is 0 Å². The smallest absolute Gasteiger partial charge is 0.277 e. The van der Waals surface area contributed by atoms with Gasteiger partial charge < -0.3 is 4.42 Å². The molecule has 0 spiro atoms. The van der Waals surface area contributed by atoms with Crippen molar-refractivity contribution < 1.29 is 9.21 Å². The number of hydrogen-bond donors (Lipinski definition) is 0. The molecule has 0 saturated carbocycles. The van der Waals surface area contributed by atoms with Crippen molar-refractivity contribution in [2.75, 3.05) is 0 Å². The van der Waals surface area contributed by atoms with Gasteiger partial charge in [-0.25, -0.2) is 0 Å². The van der Waals surface area contributed by atoms with E-state index in [1.165, 1.54) is 17.3 Å². The topological polar surface area (TPSA) is 56.0 Å². The van der Waals surface area contributed by atoms with Gasteiger partial charge in [0.2, 0.25) is 5.89 Å². The molecular weight excluding hydrogens is 320 g/mol.